The normalized spacial score (nSPS) is 16.8. The van der Waals surface area contributed by atoms with Gasteiger partial charge in [-0.1, -0.05) is 24.3 Å². The van der Waals surface area contributed by atoms with E-state index in [9.17, 15) is 4.79 Å². The summed E-state index contributed by atoms with van der Waals surface area (Å²) >= 11 is 0. The molecule has 1 amide bonds. The third kappa shape index (κ3) is 3.21. The first-order valence-corrected chi connectivity index (χ1v) is 9.66. The van der Waals surface area contributed by atoms with E-state index in [4.69, 9.17) is 9.47 Å². The van der Waals surface area contributed by atoms with Crippen LogP contribution in [0.25, 0.3) is 10.9 Å². The molecule has 28 heavy (non-hydrogen) atoms. The highest BCUT2D eigenvalue weighted by molar-refractivity contribution is 5.86. The summed E-state index contributed by atoms with van der Waals surface area (Å²) in [5.41, 5.74) is 3.59. The average molecular weight is 378 g/mol. The van der Waals surface area contributed by atoms with Crippen LogP contribution in [-0.2, 0) is 18.3 Å². The molecule has 1 aliphatic heterocycles. The van der Waals surface area contributed by atoms with Crippen LogP contribution >= 0.6 is 0 Å². The first kappa shape index (κ1) is 18.4. The van der Waals surface area contributed by atoms with Gasteiger partial charge in [-0.3, -0.25) is 4.79 Å². The highest BCUT2D eigenvalue weighted by atomic mass is 16.5. The third-order valence-corrected chi connectivity index (χ3v) is 5.70. The Labute approximate surface area is 165 Å². The van der Waals surface area contributed by atoms with E-state index in [1.54, 1.807) is 14.2 Å². The summed E-state index contributed by atoms with van der Waals surface area (Å²) in [6, 6.07) is 14.5. The number of nitrogens with zero attached hydrogens (tertiary/aromatic N) is 2. The number of aromatic nitrogens is 1. The molecular weight excluding hydrogens is 352 g/mol. The molecular formula is C23H26N2O3. The zero-order valence-electron chi connectivity index (χ0n) is 16.6. The molecule has 0 N–H and O–H groups in total. The Kier molecular flexibility index (Phi) is 4.99. The molecule has 2 heterocycles. The molecule has 3 aromatic rings. The third-order valence-electron chi connectivity index (χ3n) is 5.70. The Morgan fingerprint density at radius 2 is 1.86 bits per heavy atom. The van der Waals surface area contributed by atoms with Crippen molar-refractivity contribution in [2.45, 2.75) is 25.3 Å². The lowest BCUT2D eigenvalue weighted by Crippen LogP contribution is -2.29. The van der Waals surface area contributed by atoms with E-state index in [0.717, 1.165) is 29.9 Å². The monoisotopic (exact) mass is 378 g/mol. The fourth-order valence-corrected chi connectivity index (χ4v) is 4.26. The SMILES string of the molecule is COc1ccc(CCN2C(=O)CC[C@H]2c2cn(C)c3ccccc23)cc1OC. The molecule has 0 bridgehead atoms. The number of methoxy groups -OCH3 is 2. The summed E-state index contributed by atoms with van der Waals surface area (Å²) in [6.07, 6.45) is 4.45. The van der Waals surface area contributed by atoms with Crippen molar-refractivity contribution < 1.29 is 14.3 Å². The van der Waals surface area contributed by atoms with E-state index in [1.807, 2.05) is 23.1 Å². The smallest absolute Gasteiger partial charge is 0.223 e. The summed E-state index contributed by atoms with van der Waals surface area (Å²) < 4.78 is 12.9. The van der Waals surface area contributed by atoms with Gasteiger partial charge in [-0.05, 0) is 36.6 Å². The fourth-order valence-electron chi connectivity index (χ4n) is 4.26. The molecule has 4 rings (SSSR count). The van der Waals surface area contributed by atoms with Crippen molar-refractivity contribution in [2.24, 2.45) is 7.05 Å². The maximum atomic E-state index is 12.6. The topological polar surface area (TPSA) is 43.7 Å². The number of carbonyl (C=O) groups is 1. The lowest BCUT2D eigenvalue weighted by Gasteiger charge is -2.25. The zero-order valence-corrected chi connectivity index (χ0v) is 16.6. The number of aryl methyl sites for hydroxylation is 1. The van der Waals surface area contributed by atoms with Gasteiger partial charge >= 0.3 is 0 Å². The second kappa shape index (κ2) is 7.58. The van der Waals surface area contributed by atoms with Crippen molar-refractivity contribution in [3.8, 4) is 11.5 Å². The van der Waals surface area contributed by atoms with E-state index in [-0.39, 0.29) is 11.9 Å². The molecule has 1 atom stereocenters. The van der Waals surface area contributed by atoms with Crippen LogP contribution in [0, 0.1) is 0 Å². The van der Waals surface area contributed by atoms with Gasteiger partial charge in [0.2, 0.25) is 5.91 Å². The molecule has 0 unspecified atom stereocenters. The summed E-state index contributed by atoms with van der Waals surface area (Å²) in [4.78, 5) is 14.7. The highest BCUT2D eigenvalue weighted by Gasteiger charge is 2.33. The molecule has 5 nitrogen and oxygen atoms in total. The fraction of sp³-hybridized carbons (Fsp3) is 0.348. The van der Waals surface area contributed by atoms with Crippen LogP contribution in [0.5, 0.6) is 11.5 Å². The quantitative estimate of drug-likeness (QED) is 0.649. The van der Waals surface area contributed by atoms with Crippen LogP contribution in [0.4, 0.5) is 0 Å². The molecule has 1 aliphatic rings. The lowest BCUT2D eigenvalue weighted by atomic mass is 10.0. The van der Waals surface area contributed by atoms with E-state index >= 15 is 0 Å². The number of benzene rings is 2. The molecule has 146 valence electrons. The van der Waals surface area contributed by atoms with Crippen LogP contribution in [-0.4, -0.2) is 36.1 Å². The van der Waals surface area contributed by atoms with Gasteiger partial charge in [-0.25, -0.2) is 0 Å². The van der Waals surface area contributed by atoms with Crippen molar-refractivity contribution in [2.75, 3.05) is 20.8 Å². The predicted octanol–water partition coefficient (Wildman–Crippen LogP) is 4.10. The number of carbonyl (C=O) groups excluding carboxylic acids is 1. The van der Waals surface area contributed by atoms with Crippen LogP contribution in [0.15, 0.2) is 48.7 Å². The van der Waals surface area contributed by atoms with Crippen molar-refractivity contribution >= 4 is 16.8 Å². The molecule has 0 aliphatic carbocycles. The largest absolute Gasteiger partial charge is 0.493 e. The number of hydrogen-bond donors (Lipinski definition) is 0. The van der Waals surface area contributed by atoms with E-state index in [0.29, 0.717) is 13.0 Å². The molecule has 1 aromatic heterocycles. The van der Waals surface area contributed by atoms with Gasteiger partial charge in [0.15, 0.2) is 11.5 Å². The number of hydrogen-bond acceptors (Lipinski definition) is 3. The minimum Gasteiger partial charge on any atom is -0.493 e. The lowest BCUT2D eigenvalue weighted by molar-refractivity contribution is -0.129. The first-order chi connectivity index (χ1) is 13.6. The highest BCUT2D eigenvalue weighted by Crippen LogP contribution is 2.37. The van der Waals surface area contributed by atoms with E-state index in [2.05, 4.69) is 42.1 Å². The number of para-hydroxylation sites is 1. The Hall–Kier alpha value is -2.95. The van der Waals surface area contributed by atoms with Gasteiger partial charge < -0.3 is 18.9 Å². The predicted molar refractivity (Wildman–Crippen MR) is 110 cm³/mol. The van der Waals surface area contributed by atoms with Crippen LogP contribution in [0.2, 0.25) is 0 Å². The summed E-state index contributed by atoms with van der Waals surface area (Å²) in [7, 11) is 5.34. The van der Waals surface area contributed by atoms with Crippen LogP contribution in [0.3, 0.4) is 0 Å². The number of amides is 1. The maximum Gasteiger partial charge on any atom is 0.223 e. The molecule has 1 fully saturated rings. The molecule has 5 heteroatoms. The van der Waals surface area contributed by atoms with Gasteiger partial charge in [0, 0.05) is 42.7 Å². The number of ether oxygens (including phenoxy) is 2. The molecule has 1 saturated heterocycles. The Balaban J connectivity index is 1.57. The zero-order chi connectivity index (χ0) is 19.7. The Morgan fingerprint density at radius 3 is 2.64 bits per heavy atom. The average Bonchev–Trinajstić information content (AvgIpc) is 3.26. The first-order valence-electron chi connectivity index (χ1n) is 9.66. The van der Waals surface area contributed by atoms with Crippen molar-refractivity contribution in [1.29, 1.82) is 0 Å². The van der Waals surface area contributed by atoms with Crippen LogP contribution < -0.4 is 9.47 Å². The van der Waals surface area contributed by atoms with Gasteiger partial charge in [-0.15, -0.1) is 0 Å². The van der Waals surface area contributed by atoms with Gasteiger partial charge in [0.1, 0.15) is 0 Å². The van der Waals surface area contributed by atoms with E-state index in [1.165, 1.54) is 16.5 Å². The van der Waals surface area contributed by atoms with Gasteiger partial charge in [0.05, 0.1) is 20.3 Å². The molecule has 2 aromatic carbocycles. The minimum absolute atomic E-state index is 0.138. The van der Waals surface area contributed by atoms with Crippen LogP contribution in [0.1, 0.15) is 30.0 Å². The molecule has 0 radical (unpaired) electrons. The Bertz CT molecular complexity index is 1010. The standard InChI is InChI=1S/C23H26N2O3/c1-24-15-18(17-6-4-5-7-19(17)24)20-9-11-23(26)25(20)13-12-16-8-10-21(27-2)22(14-16)28-3/h4-8,10,14-15,20H,9,11-13H2,1-3H3/t20-/m0/s1. The van der Waals surface area contributed by atoms with Gasteiger partial charge in [-0.2, -0.15) is 0 Å². The van der Waals surface area contributed by atoms with E-state index < -0.39 is 0 Å². The number of likely N-dealkylation sites (tertiary alicyclic amines) is 1. The van der Waals surface area contributed by atoms with Gasteiger partial charge in [0.25, 0.3) is 0 Å². The number of fused-ring (bicyclic) bond motifs is 1. The second-order valence-corrected chi connectivity index (χ2v) is 7.29. The molecule has 0 spiro atoms. The number of rotatable bonds is 6. The summed E-state index contributed by atoms with van der Waals surface area (Å²) in [5, 5.41) is 1.24. The van der Waals surface area contributed by atoms with Crippen molar-refractivity contribution in [1.82, 2.24) is 9.47 Å². The van der Waals surface area contributed by atoms with Crippen molar-refractivity contribution in [3.05, 3.63) is 59.8 Å². The Morgan fingerprint density at radius 1 is 1.07 bits per heavy atom. The van der Waals surface area contributed by atoms with Crippen molar-refractivity contribution in [3.63, 3.8) is 0 Å². The molecule has 0 saturated carbocycles. The summed E-state index contributed by atoms with van der Waals surface area (Å²) in [6.45, 7) is 0.697. The second-order valence-electron chi connectivity index (χ2n) is 7.29. The minimum atomic E-state index is 0.138. The summed E-state index contributed by atoms with van der Waals surface area (Å²) in [5.74, 6) is 1.67. The maximum absolute atomic E-state index is 12.6.